The number of hydrogen-bond acceptors (Lipinski definition) is 3. The number of carbonyl (C=O) groups is 1. The highest BCUT2D eigenvalue weighted by atomic mass is 16.6. The number of aromatic nitrogens is 1. The summed E-state index contributed by atoms with van der Waals surface area (Å²) in [5.41, 5.74) is 4.77. The molecule has 0 saturated heterocycles. The molecule has 1 heterocycles. The molecule has 1 aromatic heterocycles. The predicted octanol–water partition coefficient (Wildman–Crippen LogP) is 7.28. The molecule has 4 nitrogen and oxygen atoms in total. The van der Waals surface area contributed by atoms with Gasteiger partial charge in [-0.3, -0.25) is 0 Å². The van der Waals surface area contributed by atoms with Crippen molar-refractivity contribution < 1.29 is 14.3 Å². The zero-order valence-corrected chi connectivity index (χ0v) is 18.8. The van der Waals surface area contributed by atoms with E-state index in [0.717, 1.165) is 39.4 Å². The monoisotopic (exact) mass is 425 g/mol. The van der Waals surface area contributed by atoms with E-state index in [1.807, 2.05) is 93.6 Å². The summed E-state index contributed by atoms with van der Waals surface area (Å²) < 4.78 is 12.9. The Morgan fingerprint density at radius 3 is 1.84 bits per heavy atom. The second-order valence-corrected chi connectivity index (χ2v) is 8.57. The van der Waals surface area contributed by atoms with Crippen LogP contribution in [-0.2, 0) is 4.74 Å². The van der Waals surface area contributed by atoms with Crippen LogP contribution in [0, 0.1) is 0 Å². The first-order chi connectivity index (χ1) is 15.4. The Morgan fingerprint density at radius 2 is 1.31 bits per heavy atom. The molecule has 4 aromatic rings. The number of methoxy groups -OCH3 is 1. The van der Waals surface area contributed by atoms with Gasteiger partial charge in [0.05, 0.1) is 18.5 Å². The number of nitrogens with zero attached hydrogens (tertiary/aromatic N) is 1. The average Bonchev–Trinajstić information content (AvgIpc) is 3.20. The average molecular weight is 426 g/mol. The zero-order chi connectivity index (χ0) is 22.7. The fraction of sp³-hybridized carbons (Fsp3) is 0.179. The lowest BCUT2D eigenvalue weighted by Crippen LogP contribution is -2.28. The summed E-state index contributed by atoms with van der Waals surface area (Å²) in [6.07, 6.45) is -0.413. The highest BCUT2D eigenvalue weighted by Gasteiger charge is 2.27. The quantitative estimate of drug-likeness (QED) is 0.345. The van der Waals surface area contributed by atoms with Crippen LogP contribution in [0.4, 0.5) is 4.79 Å². The first kappa shape index (κ1) is 21.4. The van der Waals surface area contributed by atoms with E-state index in [2.05, 4.69) is 18.2 Å². The van der Waals surface area contributed by atoms with Crippen molar-refractivity contribution in [1.29, 1.82) is 0 Å². The molecule has 0 saturated carbocycles. The maximum absolute atomic E-state index is 13.5. The molecule has 0 spiro atoms. The van der Waals surface area contributed by atoms with Crippen LogP contribution in [-0.4, -0.2) is 23.4 Å². The molecule has 4 rings (SSSR count). The van der Waals surface area contributed by atoms with Gasteiger partial charge in [0.25, 0.3) is 0 Å². The molecule has 0 fully saturated rings. The lowest BCUT2D eigenvalue weighted by atomic mass is 10.0. The minimum Gasteiger partial charge on any atom is -0.497 e. The van der Waals surface area contributed by atoms with Crippen molar-refractivity contribution in [2.24, 2.45) is 0 Å². The minimum atomic E-state index is -0.626. The third kappa shape index (κ3) is 4.45. The van der Waals surface area contributed by atoms with Crippen molar-refractivity contribution in [3.05, 3.63) is 91.0 Å². The van der Waals surface area contributed by atoms with Crippen molar-refractivity contribution in [3.63, 3.8) is 0 Å². The van der Waals surface area contributed by atoms with Crippen molar-refractivity contribution >= 4 is 6.09 Å². The van der Waals surface area contributed by atoms with Crippen LogP contribution >= 0.6 is 0 Å². The summed E-state index contributed by atoms with van der Waals surface area (Å²) in [6, 6.07) is 29.8. The molecule has 0 aliphatic rings. The summed E-state index contributed by atoms with van der Waals surface area (Å²) >= 11 is 0. The number of ether oxygens (including phenoxy) is 2. The Morgan fingerprint density at radius 1 is 0.750 bits per heavy atom. The summed E-state index contributed by atoms with van der Waals surface area (Å²) in [7, 11) is 1.64. The molecule has 4 heteroatoms. The fourth-order valence-electron chi connectivity index (χ4n) is 3.70. The Labute approximate surface area is 189 Å². The van der Waals surface area contributed by atoms with Gasteiger partial charge in [0.15, 0.2) is 0 Å². The van der Waals surface area contributed by atoms with Gasteiger partial charge in [0, 0.05) is 5.56 Å². The highest BCUT2D eigenvalue weighted by Crippen LogP contribution is 2.40. The number of benzene rings is 3. The normalized spacial score (nSPS) is 11.2. The van der Waals surface area contributed by atoms with Gasteiger partial charge in [-0.1, -0.05) is 60.7 Å². The van der Waals surface area contributed by atoms with E-state index in [1.165, 1.54) is 0 Å². The van der Waals surface area contributed by atoms with Crippen LogP contribution in [0.2, 0.25) is 0 Å². The lowest BCUT2D eigenvalue weighted by Gasteiger charge is -2.22. The molecule has 3 aromatic carbocycles. The van der Waals surface area contributed by atoms with Crippen molar-refractivity contribution in [2.45, 2.75) is 26.4 Å². The number of hydrogen-bond donors (Lipinski definition) is 0. The van der Waals surface area contributed by atoms with Crippen LogP contribution in [0.15, 0.2) is 91.0 Å². The van der Waals surface area contributed by atoms with Crippen molar-refractivity contribution in [3.8, 4) is 39.4 Å². The molecule has 0 amide bonds. The number of rotatable bonds is 4. The molecule has 0 radical (unpaired) electrons. The Hall–Kier alpha value is -3.79. The van der Waals surface area contributed by atoms with Gasteiger partial charge in [0.2, 0.25) is 0 Å². The van der Waals surface area contributed by atoms with E-state index < -0.39 is 11.7 Å². The smallest absolute Gasteiger partial charge is 0.419 e. The Kier molecular flexibility index (Phi) is 5.87. The molecular weight excluding hydrogens is 398 g/mol. The molecular formula is C28H27NO3. The SMILES string of the molecule is COc1ccc(-c2c(-c3ccccc3)cc(-c3ccccc3)n2C(=O)OC(C)(C)C)cc1. The first-order valence-corrected chi connectivity index (χ1v) is 10.6. The van der Waals surface area contributed by atoms with Crippen LogP contribution in [0.1, 0.15) is 20.8 Å². The van der Waals surface area contributed by atoms with Gasteiger partial charge in [-0.05, 0) is 67.8 Å². The third-order valence-corrected chi connectivity index (χ3v) is 5.09. The van der Waals surface area contributed by atoms with Crippen LogP contribution in [0.25, 0.3) is 33.6 Å². The maximum atomic E-state index is 13.5. The first-order valence-electron chi connectivity index (χ1n) is 10.6. The molecule has 0 aliphatic carbocycles. The molecule has 162 valence electrons. The summed E-state index contributed by atoms with van der Waals surface area (Å²) in [4.78, 5) is 13.5. The van der Waals surface area contributed by atoms with Gasteiger partial charge in [-0.15, -0.1) is 0 Å². The van der Waals surface area contributed by atoms with Crippen molar-refractivity contribution in [1.82, 2.24) is 4.57 Å². The number of carbonyl (C=O) groups excluding carboxylic acids is 1. The Bertz CT molecular complexity index is 1200. The Balaban J connectivity index is 2.03. The van der Waals surface area contributed by atoms with Gasteiger partial charge in [-0.25, -0.2) is 9.36 Å². The minimum absolute atomic E-state index is 0.413. The molecule has 0 aliphatic heterocycles. The summed E-state index contributed by atoms with van der Waals surface area (Å²) in [5.74, 6) is 0.758. The second-order valence-electron chi connectivity index (χ2n) is 8.57. The molecule has 32 heavy (non-hydrogen) atoms. The van der Waals surface area contributed by atoms with Gasteiger partial charge >= 0.3 is 6.09 Å². The highest BCUT2D eigenvalue weighted by molar-refractivity contribution is 5.94. The lowest BCUT2D eigenvalue weighted by molar-refractivity contribution is 0.0543. The molecule has 0 unspecified atom stereocenters. The largest absolute Gasteiger partial charge is 0.497 e. The topological polar surface area (TPSA) is 40.5 Å². The van der Waals surface area contributed by atoms with Gasteiger partial charge in [-0.2, -0.15) is 0 Å². The molecule has 0 bridgehead atoms. The van der Waals surface area contributed by atoms with E-state index in [0.29, 0.717) is 0 Å². The predicted molar refractivity (Wildman–Crippen MR) is 129 cm³/mol. The van der Waals surface area contributed by atoms with Crippen LogP contribution < -0.4 is 4.74 Å². The van der Waals surface area contributed by atoms with Crippen LogP contribution in [0.5, 0.6) is 5.75 Å². The van der Waals surface area contributed by atoms with Gasteiger partial charge < -0.3 is 9.47 Å². The maximum Gasteiger partial charge on any atom is 0.419 e. The standard InChI is InChI=1S/C28H27NO3/c1-28(2,3)32-27(30)29-25(21-13-9-6-10-14-21)19-24(20-11-7-5-8-12-20)26(29)22-15-17-23(31-4)18-16-22/h5-19H,1-4H3. The third-order valence-electron chi connectivity index (χ3n) is 5.09. The summed E-state index contributed by atoms with van der Waals surface area (Å²) in [5, 5.41) is 0. The van der Waals surface area contributed by atoms with E-state index in [1.54, 1.807) is 11.7 Å². The van der Waals surface area contributed by atoms with E-state index in [4.69, 9.17) is 9.47 Å². The molecule has 0 N–H and O–H groups in total. The zero-order valence-electron chi connectivity index (χ0n) is 18.8. The molecule has 0 atom stereocenters. The van der Waals surface area contributed by atoms with Gasteiger partial charge in [0.1, 0.15) is 11.4 Å². The van der Waals surface area contributed by atoms with Crippen LogP contribution in [0.3, 0.4) is 0 Å². The second kappa shape index (κ2) is 8.75. The van der Waals surface area contributed by atoms with E-state index in [-0.39, 0.29) is 0 Å². The van der Waals surface area contributed by atoms with Crippen molar-refractivity contribution in [2.75, 3.05) is 7.11 Å². The fourth-order valence-corrected chi connectivity index (χ4v) is 3.70. The summed E-state index contributed by atoms with van der Waals surface area (Å²) in [6.45, 7) is 5.63. The van der Waals surface area contributed by atoms with E-state index >= 15 is 0 Å². The van der Waals surface area contributed by atoms with E-state index in [9.17, 15) is 4.79 Å².